The number of likely N-dealkylation sites (tertiary alicyclic amines) is 2. The van der Waals surface area contributed by atoms with E-state index in [4.69, 9.17) is 9.47 Å². The van der Waals surface area contributed by atoms with E-state index in [1.807, 2.05) is 0 Å². The van der Waals surface area contributed by atoms with Gasteiger partial charge < -0.3 is 14.6 Å². The second-order valence-corrected chi connectivity index (χ2v) is 17.5. The standard InChI is InChI=1S/C22H24F4N4O3.C22H25F3N4O4/c1-21(2,3)33-20(32)30-9-8-15(23)19(30)17(31)6-5-14-10-16(29-12-28-14)13-4-7-18(27-11-13)22(24,25)26;1-21(2,3)33-20(32)29-9-8-17(31)19(29)16(30)6-5-14-10-15(28-12-27-14)13-4-7-18(26-11-13)22(23,24)25/h4,7,10-12,15,19H,5-6,8-9H2,1-3H3;4,7,10-12,17,19,31H,5-6,8-9H2,1-3H3/t15-,19+;17-,19+/m10/s1. The Morgan fingerprint density at radius 1 is 0.621 bits per heavy atom. The van der Waals surface area contributed by atoms with Gasteiger partial charge >= 0.3 is 24.5 Å². The SMILES string of the molecule is CC(C)(C)OC(=O)N1CC[C@@H](F)[C@H]1C(=O)CCc1cc(-c2ccc(C(F)(F)F)nc2)ncn1.CC(C)(C)OC(=O)N1CC[C@H](O)[C@H]1C(=O)CCc1cc(-c2ccc(C(F)(F)F)nc2)ncn1. The Balaban J connectivity index is 0.000000247. The van der Waals surface area contributed by atoms with Crippen LogP contribution in [0.1, 0.15) is 90.0 Å². The number of aliphatic hydroxyl groups excluding tert-OH is 1. The summed E-state index contributed by atoms with van der Waals surface area (Å²) in [6, 6.07) is 5.11. The van der Waals surface area contributed by atoms with Crippen molar-refractivity contribution >= 4 is 23.8 Å². The Labute approximate surface area is 375 Å². The van der Waals surface area contributed by atoms with Crippen molar-refractivity contribution in [3.63, 3.8) is 0 Å². The van der Waals surface area contributed by atoms with E-state index in [2.05, 4.69) is 29.9 Å². The van der Waals surface area contributed by atoms with Crippen LogP contribution in [0.3, 0.4) is 0 Å². The van der Waals surface area contributed by atoms with E-state index < -0.39 is 77.3 Å². The van der Waals surface area contributed by atoms with Crippen molar-refractivity contribution in [2.24, 2.45) is 0 Å². The van der Waals surface area contributed by atoms with Crippen molar-refractivity contribution in [1.82, 2.24) is 39.7 Å². The van der Waals surface area contributed by atoms with Crippen LogP contribution in [0.25, 0.3) is 22.5 Å². The summed E-state index contributed by atoms with van der Waals surface area (Å²) < 4.78 is 101. The molecule has 356 valence electrons. The smallest absolute Gasteiger partial charge is 0.433 e. The van der Waals surface area contributed by atoms with Gasteiger partial charge in [0.25, 0.3) is 0 Å². The molecule has 22 heteroatoms. The molecule has 1 N–H and O–H groups in total. The molecule has 0 aromatic carbocycles. The van der Waals surface area contributed by atoms with E-state index in [0.717, 1.165) is 29.4 Å². The molecule has 2 aliphatic rings. The maximum atomic E-state index is 14.4. The maximum Gasteiger partial charge on any atom is 0.433 e. The third kappa shape index (κ3) is 13.9. The van der Waals surface area contributed by atoms with Crippen LogP contribution in [0.15, 0.2) is 61.4 Å². The molecule has 0 radical (unpaired) electrons. The van der Waals surface area contributed by atoms with Crippen LogP contribution < -0.4 is 0 Å². The van der Waals surface area contributed by atoms with Gasteiger partial charge in [-0.25, -0.2) is 33.9 Å². The lowest BCUT2D eigenvalue weighted by Crippen LogP contribution is -2.47. The predicted octanol–water partition coefficient (Wildman–Crippen LogP) is 7.84. The summed E-state index contributed by atoms with van der Waals surface area (Å²) >= 11 is 0. The van der Waals surface area contributed by atoms with Gasteiger partial charge in [-0.15, -0.1) is 0 Å². The van der Waals surface area contributed by atoms with Crippen molar-refractivity contribution in [3.8, 4) is 22.5 Å². The predicted molar refractivity (Wildman–Crippen MR) is 221 cm³/mol. The molecule has 4 atom stereocenters. The van der Waals surface area contributed by atoms with Gasteiger partial charge in [0.15, 0.2) is 11.6 Å². The summed E-state index contributed by atoms with van der Waals surface area (Å²) in [6.45, 7) is 10.5. The normalized spacial score (nSPS) is 18.9. The first-order chi connectivity index (χ1) is 30.7. The number of aryl methyl sites for hydroxylation is 2. The second kappa shape index (κ2) is 20.5. The molecule has 0 bridgehead atoms. The molecule has 4 aromatic heterocycles. The van der Waals surface area contributed by atoms with Gasteiger partial charge in [0.2, 0.25) is 0 Å². The highest BCUT2D eigenvalue weighted by Crippen LogP contribution is 2.31. The molecule has 6 rings (SSSR count). The highest BCUT2D eigenvalue weighted by Gasteiger charge is 2.44. The number of alkyl halides is 7. The van der Waals surface area contributed by atoms with E-state index in [1.54, 1.807) is 47.6 Å². The molecular weight excluding hydrogens is 886 g/mol. The third-order valence-corrected chi connectivity index (χ3v) is 10.0. The largest absolute Gasteiger partial charge is 0.444 e. The lowest BCUT2D eigenvalue weighted by atomic mass is 10.0. The van der Waals surface area contributed by atoms with E-state index in [1.165, 1.54) is 35.8 Å². The topological polar surface area (TPSA) is 191 Å². The number of halogens is 7. The molecule has 2 aliphatic heterocycles. The number of ketones is 2. The van der Waals surface area contributed by atoms with Gasteiger partial charge in [0, 0.05) is 60.8 Å². The summed E-state index contributed by atoms with van der Waals surface area (Å²) in [6.07, 6.45) is -7.72. The molecular formula is C44H49F7N8O7. The molecule has 2 saturated heterocycles. The van der Waals surface area contributed by atoms with Crippen LogP contribution in [0.4, 0.5) is 40.3 Å². The number of carbonyl (C=O) groups excluding carboxylic acids is 4. The number of carbonyl (C=O) groups is 4. The summed E-state index contributed by atoms with van der Waals surface area (Å²) in [5.74, 6) is -0.788. The van der Waals surface area contributed by atoms with Crippen molar-refractivity contribution in [2.45, 2.75) is 128 Å². The Bertz CT molecular complexity index is 2180. The van der Waals surface area contributed by atoms with Gasteiger partial charge in [-0.1, -0.05) is 0 Å². The number of rotatable bonds is 10. The quantitative estimate of drug-likeness (QED) is 0.152. The number of pyridine rings is 2. The monoisotopic (exact) mass is 934 g/mol. The third-order valence-electron chi connectivity index (χ3n) is 10.0. The van der Waals surface area contributed by atoms with E-state index in [-0.39, 0.29) is 57.4 Å². The highest BCUT2D eigenvalue weighted by atomic mass is 19.4. The van der Waals surface area contributed by atoms with Gasteiger partial charge in [0.1, 0.15) is 53.5 Å². The molecule has 0 aliphatic carbocycles. The summed E-state index contributed by atoms with van der Waals surface area (Å²) in [7, 11) is 0. The zero-order valence-corrected chi connectivity index (χ0v) is 36.9. The summed E-state index contributed by atoms with van der Waals surface area (Å²) in [4.78, 5) is 75.9. The molecule has 0 saturated carbocycles. The van der Waals surface area contributed by atoms with Crippen LogP contribution in [0.5, 0.6) is 0 Å². The zero-order chi connectivity index (χ0) is 48.8. The molecule has 4 aromatic rings. The van der Waals surface area contributed by atoms with Gasteiger partial charge in [-0.05, 0) is 104 Å². The van der Waals surface area contributed by atoms with Crippen LogP contribution in [0, 0.1) is 0 Å². The fourth-order valence-corrected chi connectivity index (χ4v) is 6.95. The minimum Gasteiger partial charge on any atom is -0.444 e. The number of hydrogen-bond acceptors (Lipinski definition) is 13. The van der Waals surface area contributed by atoms with Crippen LogP contribution in [-0.2, 0) is 44.3 Å². The fraction of sp³-hybridized carbons (Fsp3) is 0.500. The Morgan fingerprint density at radius 3 is 1.42 bits per heavy atom. The Hall–Kier alpha value is -6.19. The van der Waals surface area contributed by atoms with Crippen molar-refractivity contribution < 1.29 is 64.5 Å². The minimum absolute atomic E-state index is 0.00272. The number of ether oxygens (including phenoxy) is 2. The lowest BCUT2D eigenvalue weighted by Gasteiger charge is -2.28. The van der Waals surface area contributed by atoms with Crippen LogP contribution >= 0.6 is 0 Å². The highest BCUT2D eigenvalue weighted by molar-refractivity contribution is 5.89. The first-order valence-corrected chi connectivity index (χ1v) is 20.8. The van der Waals surface area contributed by atoms with Gasteiger partial charge in [-0.2, -0.15) is 26.3 Å². The first-order valence-electron chi connectivity index (χ1n) is 20.8. The maximum absolute atomic E-state index is 14.4. The Kier molecular flexibility index (Phi) is 15.8. The van der Waals surface area contributed by atoms with Crippen molar-refractivity contribution in [3.05, 3.63) is 84.2 Å². The van der Waals surface area contributed by atoms with Crippen molar-refractivity contribution in [1.29, 1.82) is 0 Å². The molecule has 15 nitrogen and oxygen atoms in total. The van der Waals surface area contributed by atoms with E-state index in [9.17, 15) is 55.0 Å². The fourth-order valence-electron chi connectivity index (χ4n) is 6.95. The van der Waals surface area contributed by atoms with E-state index in [0.29, 0.717) is 33.9 Å². The molecule has 6 heterocycles. The molecule has 0 unspecified atom stereocenters. The summed E-state index contributed by atoms with van der Waals surface area (Å²) in [5, 5.41) is 10.3. The molecule has 66 heavy (non-hydrogen) atoms. The average molecular weight is 935 g/mol. The van der Waals surface area contributed by atoms with Crippen LogP contribution in [0.2, 0.25) is 0 Å². The summed E-state index contributed by atoms with van der Waals surface area (Å²) in [5.41, 5.74) is -1.15. The van der Waals surface area contributed by atoms with E-state index >= 15 is 0 Å². The molecule has 2 fully saturated rings. The average Bonchev–Trinajstić information content (AvgIpc) is 3.83. The second-order valence-electron chi connectivity index (χ2n) is 17.5. The molecule has 0 spiro atoms. The lowest BCUT2D eigenvalue weighted by molar-refractivity contribution is -0.141. The minimum atomic E-state index is -4.54. The Morgan fingerprint density at radius 2 is 1.03 bits per heavy atom. The van der Waals surface area contributed by atoms with Crippen LogP contribution in [-0.4, -0.2) is 117 Å². The zero-order valence-electron chi connectivity index (χ0n) is 36.9. The number of aromatic nitrogens is 6. The number of amides is 2. The number of nitrogens with zero attached hydrogens (tertiary/aromatic N) is 8. The molecule has 2 amide bonds. The van der Waals surface area contributed by atoms with Gasteiger partial charge in [-0.3, -0.25) is 29.4 Å². The number of Topliss-reactive ketones (excluding diaryl/α,β-unsaturated/α-hetero) is 2. The number of aliphatic hydroxyl groups is 1. The van der Waals surface area contributed by atoms with Gasteiger partial charge in [0.05, 0.1) is 17.5 Å². The van der Waals surface area contributed by atoms with Crippen molar-refractivity contribution in [2.75, 3.05) is 13.1 Å². The number of hydrogen-bond donors (Lipinski definition) is 1. The first kappa shape index (κ1) is 50.8.